The number of fused-ring (bicyclic) bond motifs is 5. The van der Waals surface area contributed by atoms with Gasteiger partial charge in [0.2, 0.25) is 0 Å². The second kappa shape index (κ2) is 11.8. The van der Waals surface area contributed by atoms with Crippen molar-refractivity contribution in [3.05, 3.63) is 181 Å². The predicted octanol–water partition coefficient (Wildman–Crippen LogP) is 13.0. The van der Waals surface area contributed by atoms with Crippen LogP contribution in [-0.2, 0) is 5.41 Å². The Morgan fingerprint density at radius 1 is 0.423 bits per heavy atom. The summed E-state index contributed by atoms with van der Waals surface area (Å²) in [4.78, 5) is 10.4. The third kappa shape index (κ3) is 4.89. The maximum atomic E-state index is 6.37. The van der Waals surface area contributed by atoms with Crippen LogP contribution in [-0.4, -0.2) is 9.97 Å². The molecule has 246 valence electrons. The number of furan rings is 1. The van der Waals surface area contributed by atoms with Crippen LogP contribution in [0, 0.1) is 0 Å². The Bertz CT molecular complexity index is 2790. The minimum absolute atomic E-state index is 0.109. The standard InChI is InChI=1S/C49H34N2O/c1-49(2)41-24-13-23-37(47(41)40-27-32-16-6-7-17-33(32)28-42(40)49)34-19-12-20-35(26-34)43-30-44(51-48(50-43)31-14-4-3-5-15-31)38-21-9-10-22-39(38)46-29-36-18-8-11-25-45(36)52-46/h3-30H,1-2H3. The number of para-hydroxylation sites is 1. The van der Waals surface area contributed by atoms with Crippen LogP contribution in [0.25, 0.3) is 89.2 Å². The monoisotopic (exact) mass is 666 g/mol. The molecule has 0 radical (unpaired) electrons. The molecule has 52 heavy (non-hydrogen) atoms. The molecule has 1 aliphatic carbocycles. The van der Waals surface area contributed by atoms with Crippen LogP contribution in [0.3, 0.4) is 0 Å². The molecule has 10 rings (SSSR count). The molecular weight excluding hydrogens is 633 g/mol. The Morgan fingerprint density at radius 3 is 1.88 bits per heavy atom. The SMILES string of the molecule is CC1(C)c2cc3ccccc3cc2-c2c(-c3cccc(-c4cc(-c5ccccc5-c5cc6ccccc6o5)nc(-c5ccccc5)n4)c3)cccc21. The lowest BCUT2D eigenvalue weighted by atomic mass is 9.81. The molecule has 3 heteroatoms. The first-order valence-corrected chi connectivity index (χ1v) is 17.8. The highest BCUT2D eigenvalue weighted by atomic mass is 16.3. The maximum absolute atomic E-state index is 6.37. The summed E-state index contributed by atoms with van der Waals surface area (Å²) in [6.07, 6.45) is 0. The van der Waals surface area contributed by atoms with Gasteiger partial charge in [-0.05, 0) is 80.6 Å². The Hall–Kier alpha value is -6.58. The highest BCUT2D eigenvalue weighted by Gasteiger charge is 2.37. The summed E-state index contributed by atoms with van der Waals surface area (Å²) in [7, 11) is 0. The number of rotatable bonds is 5. The molecular formula is C49H34N2O. The van der Waals surface area contributed by atoms with Crippen molar-refractivity contribution in [3.63, 3.8) is 0 Å². The van der Waals surface area contributed by atoms with Gasteiger partial charge >= 0.3 is 0 Å². The quantitative estimate of drug-likeness (QED) is 0.183. The summed E-state index contributed by atoms with van der Waals surface area (Å²) < 4.78 is 6.37. The molecule has 0 spiro atoms. The van der Waals surface area contributed by atoms with E-state index in [1.807, 2.05) is 36.4 Å². The summed E-state index contributed by atoms with van der Waals surface area (Å²) in [5.41, 5.74) is 14.2. The van der Waals surface area contributed by atoms with E-state index >= 15 is 0 Å². The van der Waals surface area contributed by atoms with Gasteiger partial charge in [-0.3, -0.25) is 0 Å². The molecule has 0 aliphatic heterocycles. The molecule has 0 unspecified atom stereocenters. The van der Waals surface area contributed by atoms with Crippen molar-refractivity contribution in [2.75, 3.05) is 0 Å². The highest BCUT2D eigenvalue weighted by molar-refractivity contribution is 5.99. The maximum Gasteiger partial charge on any atom is 0.160 e. The Kier molecular flexibility index (Phi) is 6.84. The van der Waals surface area contributed by atoms with E-state index in [0.29, 0.717) is 5.82 Å². The van der Waals surface area contributed by atoms with E-state index in [-0.39, 0.29) is 5.41 Å². The van der Waals surface area contributed by atoms with E-state index in [4.69, 9.17) is 14.4 Å². The van der Waals surface area contributed by atoms with Crippen LogP contribution in [0.15, 0.2) is 174 Å². The number of benzene rings is 7. The van der Waals surface area contributed by atoms with Crippen LogP contribution in [0.1, 0.15) is 25.0 Å². The zero-order valence-corrected chi connectivity index (χ0v) is 29.0. The molecule has 0 atom stereocenters. The third-order valence-corrected chi connectivity index (χ3v) is 10.7. The number of hydrogen-bond donors (Lipinski definition) is 0. The van der Waals surface area contributed by atoms with Gasteiger partial charge in [-0.25, -0.2) is 9.97 Å². The van der Waals surface area contributed by atoms with Crippen molar-refractivity contribution in [3.8, 4) is 67.5 Å². The molecule has 0 bridgehead atoms. The molecule has 2 aromatic heterocycles. The van der Waals surface area contributed by atoms with Gasteiger partial charge < -0.3 is 4.42 Å². The topological polar surface area (TPSA) is 38.9 Å². The smallest absolute Gasteiger partial charge is 0.160 e. The van der Waals surface area contributed by atoms with Crippen LogP contribution < -0.4 is 0 Å². The van der Waals surface area contributed by atoms with Crippen LogP contribution in [0.4, 0.5) is 0 Å². The number of aromatic nitrogens is 2. The summed E-state index contributed by atoms with van der Waals surface area (Å²) in [5.74, 6) is 1.50. The van der Waals surface area contributed by atoms with Gasteiger partial charge in [0, 0.05) is 33.1 Å². The Morgan fingerprint density at radius 2 is 1.06 bits per heavy atom. The van der Waals surface area contributed by atoms with Gasteiger partial charge in [0.15, 0.2) is 5.82 Å². The summed E-state index contributed by atoms with van der Waals surface area (Å²) in [6.45, 7) is 4.70. The second-order valence-corrected chi connectivity index (χ2v) is 14.2. The van der Waals surface area contributed by atoms with Gasteiger partial charge in [0.05, 0.1) is 11.4 Å². The van der Waals surface area contributed by atoms with Gasteiger partial charge in [-0.1, -0.05) is 147 Å². The summed E-state index contributed by atoms with van der Waals surface area (Å²) in [6, 6.07) is 60.0. The van der Waals surface area contributed by atoms with Crippen LogP contribution >= 0.6 is 0 Å². The number of hydrogen-bond acceptors (Lipinski definition) is 3. The molecule has 0 saturated heterocycles. The van der Waals surface area contributed by atoms with Crippen molar-refractivity contribution in [2.24, 2.45) is 0 Å². The molecule has 1 aliphatic rings. The fourth-order valence-corrected chi connectivity index (χ4v) is 8.04. The van der Waals surface area contributed by atoms with E-state index in [1.54, 1.807) is 0 Å². The molecule has 0 saturated carbocycles. The fourth-order valence-electron chi connectivity index (χ4n) is 8.04. The molecule has 0 N–H and O–H groups in total. The highest BCUT2D eigenvalue weighted by Crippen LogP contribution is 2.53. The van der Waals surface area contributed by atoms with Crippen molar-refractivity contribution in [2.45, 2.75) is 19.3 Å². The summed E-state index contributed by atoms with van der Waals surface area (Å²) >= 11 is 0. The van der Waals surface area contributed by atoms with E-state index in [9.17, 15) is 0 Å². The Balaban J connectivity index is 1.14. The van der Waals surface area contributed by atoms with Crippen LogP contribution in [0.5, 0.6) is 0 Å². The fraction of sp³-hybridized carbons (Fsp3) is 0.0612. The molecule has 7 aromatic carbocycles. The lowest BCUT2D eigenvalue weighted by Gasteiger charge is -2.22. The molecule has 3 nitrogen and oxygen atoms in total. The average Bonchev–Trinajstić information content (AvgIpc) is 3.73. The average molecular weight is 667 g/mol. The van der Waals surface area contributed by atoms with E-state index in [0.717, 1.165) is 55.9 Å². The van der Waals surface area contributed by atoms with E-state index < -0.39 is 0 Å². The normalized spacial score (nSPS) is 13.0. The lowest BCUT2D eigenvalue weighted by molar-refractivity contribution is 0.632. The number of nitrogens with zero attached hydrogens (tertiary/aromatic N) is 2. The van der Waals surface area contributed by atoms with Crippen LogP contribution in [0.2, 0.25) is 0 Å². The molecule has 0 amide bonds. The van der Waals surface area contributed by atoms with Gasteiger partial charge in [-0.2, -0.15) is 0 Å². The van der Waals surface area contributed by atoms with Crippen molar-refractivity contribution >= 4 is 21.7 Å². The molecule has 0 fully saturated rings. The van der Waals surface area contributed by atoms with Crippen molar-refractivity contribution in [1.82, 2.24) is 9.97 Å². The predicted molar refractivity (Wildman–Crippen MR) is 214 cm³/mol. The third-order valence-electron chi connectivity index (χ3n) is 10.7. The first-order chi connectivity index (χ1) is 25.5. The Labute approximate surface area is 302 Å². The second-order valence-electron chi connectivity index (χ2n) is 14.2. The zero-order valence-electron chi connectivity index (χ0n) is 29.0. The van der Waals surface area contributed by atoms with E-state index in [1.165, 1.54) is 38.6 Å². The molecule has 2 heterocycles. The van der Waals surface area contributed by atoms with Crippen molar-refractivity contribution in [1.29, 1.82) is 0 Å². The minimum Gasteiger partial charge on any atom is -0.456 e. The largest absolute Gasteiger partial charge is 0.456 e. The first-order valence-electron chi connectivity index (χ1n) is 17.8. The zero-order chi connectivity index (χ0) is 34.8. The van der Waals surface area contributed by atoms with Gasteiger partial charge in [-0.15, -0.1) is 0 Å². The minimum atomic E-state index is -0.109. The van der Waals surface area contributed by atoms with Gasteiger partial charge in [0.1, 0.15) is 11.3 Å². The lowest BCUT2D eigenvalue weighted by Crippen LogP contribution is -2.14. The summed E-state index contributed by atoms with van der Waals surface area (Å²) in [5, 5.41) is 3.61. The van der Waals surface area contributed by atoms with Gasteiger partial charge in [0.25, 0.3) is 0 Å². The first kappa shape index (κ1) is 30.3. The van der Waals surface area contributed by atoms with Crippen molar-refractivity contribution < 1.29 is 4.42 Å². The molecule has 9 aromatic rings. The van der Waals surface area contributed by atoms with E-state index in [2.05, 4.69) is 147 Å².